The number of hydrogen-bond donors (Lipinski definition) is 1. The van der Waals surface area contributed by atoms with E-state index in [4.69, 9.17) is 0 Å². The van der Waals surface area contributed by atoms with Crippen LogP contribution in [0.2, 0.25) is 0 Å². The van der Waals surface area contributed by atoms with Crippen LogP contribution >= 0.6 is 15.9 Å². The van der Waals surface area contributed by atoms with Gasteiger partial charge in [0, 0.05) is 41.9 Å². The lowest BCUT2D eigenvalue weighted by atomic mass is 10.1. The molecule has 0 aliphatic carbocycles. The van der Waals surface area contributed by atoms with Gasteiger partial charge in [-0.2, -0.15) is 4.31 Å². The third-order valence-electron chi connectivity index (χ3n) is 5.08. The first kappa shape index (κ1) is 22.5. The third-order valence-corrected chi connectivity index (χ3v) is 7.64. The molecule has 2 aromatic carbocycles. The minimum Gasteiger partial charge on any atom is -0.326 e. The second-order valence-electron chi connectivity index (χ2n) is 6.99. The summed E-state index contributed by atoms with van der Waals surface area (Å²) >= 11 is 3.36. The fourth-order valence-corrected chi connectivity index (χ4v) is 5.31. The van der Waals surface area contributed by atoms with Gasteiger partial charge in [0.1, 0.15) is 0 Å². The van der Waals surface area contributed by atoms with Gasteiger partial charge in [0.2, 0.25) is 21.8 Å². The van der Waals surface area contributed by atoms with E-state index in [2.05, 4.69) is 21.2 Å². The number of hydrogen-bond acceptors (Lipinski definition) is 4. The van der Waals surface area contributed by atoms with Gasteiger partial charge in [-0.3, -0.25) is 9.59 Å². The molecule has 1 unspecified atom stereocenters. The molecule has 160 valence electrons. The molecule has 0 spiro atoms. The smallest absolute Gasteiger partial charge is 0.243 e. The van der Waals surface area contributed by atoms with E-state index >= 15 is 0 Å². The van der Waals surface area contributed by atoms with Crippen LogP contribution in [0.1, 0.15) is 20.3 Å². The number of benzene rings is 2. The summed E-state index contributed by atoms with van der Waals surface area (Å²) in [4.78, 5) is 26.8. The molecule has 1 fully saturated rings. The molecule has 0 radical (unpaired) electrons. The van der Waals surface area contributed by atoms with E-state index in [9.17, 15) is 18.0 Å². The Morgan fingerprint density at radius 3 is 2.43 bits per heavy atom. The minimum absolute atomic E-state index is 0.110. The first-order chi connectivity index (χ1) is 14.3. The number of anilines is 2. The summed E-state index contributed by atoms with van der Waals surface area (Å²) in [5.74, 6) is -0.857. The van der Waals surface area contributed by atoms with Crippen LogP contribution < -0.4 is 10.2 Å². The number of nitrogens with zero attached hydrogens (tertiary/aromatic N) is 2. The fraction of sp³-hybridized carbons (Fsp3) is 0.333. The predicted molar refractivity (Wildman–Crippen MR) is 120 cm³/mol. The Kier molecular flexibility index (Phi) is 6.95. The van der Waals surface area contributed by atoms with Crippen molar-refractivity contribution in [2.24, 2.45) is 5.92 Å². The summed E-state index contributed by atoms with van der Waals surface area (Å²) < 4.78 is 27.5. The van der Waals surface area contributed by atoms with Gasteiger partial charge in [-0.25, -0.2) is 8.42 Å². The van der Waals surface area contributed by atoms with Crippen LogP contribution in [0.4, 0.5) is 11.4 Å². The number of carbonyl (C=O) groups excluding carboxylic acids is 2. The molecule has 1 heterocycles. The molecule has 7 nitrogen and oxygen atoms in total. The van der Waals surface area contributed by atoms with Crippen LogP contribution in [0.5, 0.6) is 0 Å². The van der Waals surface area contributed by atoms with Gasteiger partial charge in [0.05, 0.1) is 10.8 Å². The molecule has 0 aromatic heterocycles. The van der Waals surface area contributed by atoms with Crippen molar-refractivity contribution in [1.82, 2.24) is 4.31 Å². The molecule has 9 heteroatoms. The monoisotopic (exact) mass is 493 g/mol. The third kappa shape index (κ3) is 4.74. The van der Waals surface area contributed by atoms with Crippen molar-refractivity contribution in [3.8, 4) is 0 Å². The van der Waals surface area contributed by atoms with Crippen LogP contribution in [-0.2, 0) is 19.6 Å². The number of sulfonamides is 1. The Balaban J connectivity index is 1.71. The van der Waals surface area contributed by atoms with Crippen molar-refractivity contribution < 1.29 is 18.0 Å². The molecule has 2 amide bonds. The van der Waals surface area contributed by atoms with E-state index in [0.717, 1.165) is 4.47 Å². The van der Waals surface area contributed by atoms with Crippen LogP contribution in [0, 0.1) is 5.92 Å². The van der Waals surface area contributed by atoms with Crippen molar-refractivity contribution in [3.05, 3.63) is 53.0 Å². The number of carbonyl (C=O) groups is 2. The number of amides is 2. The standard InChI is InChI=1S/C21H24BrN3O4S/c1-3-24(4-2)30(28,29)19-10-8-18(9-11-19)25-14-15(12-20(25)26)21(27)23-17-7-5-6-16(22)13-17/h5-11,13,15H,3-4,12,14H2,1-2H3,(H,23,27). The maximum absolute atomic E-state index is 12.6. The number of rotatable bonds is 7. The Hall–Kier alpha value is -2.23. The van der Waals surface area contributed by atoms with Crippen molar-refractivity contribution in [2.45, 2.75) is 25.2 Å². The largest absolute Gasteiger partial charge is 0.326 e. The van der Waals surface area contributed by atoms with Crippen molar-refractivity contribution in [1.29, 1.82) is 0 Å². The zero-order valence-corrected chi connectivity index (χ0v) is 19.2. The Morgan fingerprint density at radius 2 is 1.83 bits per heavy atom. The highest BCUT2D eigenvalue weighted by Gasteiger charge is 2.35. The molecule has 1 atom stereocenters. The van der Waals surface area contributed by atoms with Crippen LogP contribution in [0.15, 0.2) is 57.9 Å². The number of halogens is 1. The molecule has 1 N–H and O–H groups in total. The Bertz CT molecular complexity index is 1040. The molecule has 3 rings (SSSR count). The van der Waals surface area contributed by atoms with E-state index < -0.39 is 15.9 Å². The maximum atomic E-state index is 12.6. The Morgan fingerprint density at radius 1 is 1.17 bits per heavy atom. The summed E-state index contributed by atoms with van der Waals surface area (Å²) in [6, 6.07) is 13.5. The molecule has 1 aliphatic heterocycles. The van der Waals surface area contributed by atoms with E-state index in [1.807, 2.05) is 12.1 Å². The second-order valence-corrected chi connectivity index (χ2v) is 9.84. The molecule has 30 heavy (non-hydrogen) atoms. The van der Waals surface area contributed by atoms with Gasteiger partial charge in [-0.1, -0.05) is 35.8 Å². The first-order valence-electron chi connectivity index (χ1n) is 9.73. The topological polar surface area (TPSA) is 86.8 Å². The quantitative estimate of drug-likeness (QED) is 0.639. The van der Waals surface area contributed by atoms with E-state index in [1.165, 1.54) is 21.3 Å². The van der Waals surface area contributed by atoms with E-state index in [-0.39, 0.29) is 29.7 Å². The molecular formula is C21H24BrN3O4S. The second kappa shape index (κ2) is 9.28. The lowest BCUT2D eigenvalue weighted by Crippen LogP contribution is -2.31. The molecule has 0 saturated carbocycles. The predicted octanol–water partition coefficient (Wildman–Crippen LogP) is 3.47. The lowest BCUT2D eigenvalue weighted by Gasteiger charge is -2.20. The summed E-state index contributed by atoms with van der Waals surface area (Å²) in [5, 5.41) is 2.84. The molecular weight excluding hydrogens is 470 g/mol. The van der Waals surface area contributed by atoms with Crippen LogP contribution in [-0.4, -0.2) is 44.2 Å². The molecule has 1 saturated heterocycles. The number of nitrogens with one attached hydrogen (secondary N) is 1. The average Bonchev–Trinajstić information content (AvgIpc) is 3.11. The highest BCUT2D eigenvalue weighted by atomic mass is 79.9. The fourth-order valence-electron chi connectivity index (χ4n) is 3.45. The van der Waals surface area contributed by atoms with Gasteiger partial charge < -0.3 is 10.2 Å². The zero-order chi connectivity index (χ0) is 21.9. The van der Waals surface area contributed by atoms with Crippen molar-refractivity contribution in [3.63, 3.8) is 0 Å². The zero-order valence-electron chi connectivity index (χ0n) is 16.8. The van der Waals surface area contributed by atoms with Gasteiger partial charge in [-0.05, 0) is 42.5 Å². The molecule has 0 bridgehead atoms. The first-order valence-corrected chi connectivity index (χ1v) is 12.0. The molecule has 2 aromatic rings. The van der Waals surface area contributed by atoms with Gasteiger partial charge >= 0.3 is 0 Å². The van der Waals surface area contributed by atoms with Gasteiger partial charge in [0.25, 0.3) is 0 Å². The highest BCUT2D eigenvalue weighted by Crippen LogP contribution is 2.28. The van der Waals surface area contributed by atoms with Crippen LogP contribution in [0.25, 0.3) is 0 Å². The lowest BCUT2D eigenvalue weighted by molar-refractivity contribution is -0.122. The normalized spacial score (nSPS) is 16.9. The average molecular weight is 494 g/mol. The van der Waals surface area contributed by atoms with Crippen molar-refractivity contribution in [2.75, 3.05) is 29.9 Å². The van der Waals surface area contributed by atoms with E-state index in [1.54, 1.807) is 38.1 Å². The van der Waals surface area contributed by atoms with Crippen LogP contribution in [0.3, 0.4) is 0 Å². The summed E-state index contributed by atoms with van der Waals surface area (Å²) in [6.07, 6.45) is 0.110. The maximum Gasteiger partial charge on any atom is 0.243 e. The van der Waals surface area contributed by atoms with Crippen molar-refractivity contribution >= 4 is 49.1 Å². The summed E-state index contributed by atoms with van der Waals surface area (Å²) in [7, 11) is -3.56. The van der Waals surface area contributed by atoms with Gasteiger partial charge in [-0.15, -0.1) is 0 Å². The Labute approximate surface area is 185 Å². The minimum atomic E-state index is -3.56. The highest BCUT2D eigenvalue weighted by molar-refractivity contribution is 9.10. The molecule has 1 aliphatic rings. The SMILES string of the molecule is CCN(CC)S(=O)(=O)c1ccc(N2CC(C(=O)Nc3cccc(Br)c3)CC2=O)cc1. The summed E-state index contributed by atoms with van der Waals surface area (Å²) in [5.41, 5.74) is 1.24. The van der Waals surface area contributed by atoms with Gasteiger partial charge in [0.15, 0.2) is 0 Å². The van der Waals surface area contributed by atoms with E-state index in [0.29, 0.717) is 24.5 Å². The summed E-state index contributed by atoms with van der Waals surface area (Å²) in [6.45, 7) is 4.61.